The molecule has 110 valence electrons. The van der Waals surface area contributed by atoms with Crippen LogP contribution in [0.25, 0.3) is 0 Å². The molecule has 1 aromatic rings. The molecule has 4 N–H and O–H groups in total. The second-order valence-electron chi connectivity index (χ2n) is 5.36. The van der Waals surface area contributed by atoms with Gasteiger partial charge in [-0.2, -0.15) is 0 Å². The number of ether oxygens (including phenoxy) is 1. The standard InChI is InChI=1S/C15H21BrN2O2/c16-12-5-6-14(13(7-12)15(18)19)20-9-11-4-2-1-3-10(11)8-17/h5-7,10-11H,1-4,8-9,17H2,(H2,18,19). The van der Waals surface area contributed by atoms with Gasteiger partial charge < -0.3 is 16.2 Å². The highest BCUT2D eigenvalue weighted by molar-refractivity contribution is 9.10. The van der Waals surface area contributed by atoms with Gasteiger partial charge in [0.1, 0.15) is 5.75 Å². The van der Waals surface area contributed by atoms with Crippen molar-refractivity contribution >= 4 is 21.8 Å². The van der Waals surface area contributed by atoms with E-state index in [4.69, 9.17) is 16.2 Å². The first-order valence-corrected chi connectivity index (χ1v) is 7.83. The lowest BCUT2D eigenvalue weighted by atomic mass is 9.80. The van der Waals surface area contributed by atoms with Gasteiger partial charge in [0.2, 0.25) is 0 Å². The molecule has 2 atom stereocenters. The lowest BCUT2D eigenvalue weighted by molar-refractivity contribution is 0.0991. The molecule has 1 aliphatic rings. The number of halogens is 1. The number of rotatable bonds is 5. The van der Waals surface area contributed by atoms with Crippen LogP contribution in [0, 0.1) is 11.8 Å². The molecule has 1 saturated carbocycles. The van der Waals surface area contributed by atoms with Crippen molar-refractivity contribution < 1.29 is 9.53 Å². The zero-order valence-corrected chi connectivity index (χ0v) is 13.1. The molecule has 1 fully saturated rings. The largest absolute Gasteiger partial charge is 0.492 e. The summed E-state index contributed by atoms with van der Waals surface area (Å²) in [7, 11) is 0. The van der Waals surface area contributed by atoms with Crippen LogP contribution in [0.1, 0.15) is 36.0 Å². The van der Waals surface area contributed by atoms with Crippen LogP contribution in [0.5, 0.6) is 5.75 Å². The zero-order valence-electron chi connectivity index (χ0n) is 11.5. The second kappa shape index (κ2) is 7.09. The molecular weight excluding hydrogens is 320 g/mol. The Morgan fingerprint density at radius 2 is 2.00 bits per heavy atom. The van der Waals surface area contributed by atoms with Gasteiger partial charge in [0.25, 0.3) is 5.91 Å². The maximum atomic E-state index is 11.4. The van der Waals surface area contributed by atoms with Crippen LogP contribution in [0.3, 0.4) is 0 Å². The summed E-state index contributed by atoms with van der Waals surface area (Å²) in [6.45, 7) is 1.31. The minimum Gasteiger partial charge on any atom is -0.492 e. The van der Waals surface area contributed by atoms with Gasteiger partial charge >= 0.3 is 0 Å². The lowest BCUT2D eigenvalue weighted by Crippen LogP contribution is -2.31. The predicted molar refractivity (Wildman–Crippen MR) is 82.7 cm³/mol. The minimum atomic E-state index is -0.472. The number of nitrogens with two attached hydrogens (primary N) is 2. The van der Waals surface area contributed by atoms with Crippen LogP contribution >= 0.6 is 15.9 Å². The molecular formula is C15H21BrN2O2. The van der Waals surface area contributed by atoms with Crippen LogP contribution in [0.4, 0.5) is 0 Å². The predicted octanol–water partition coefficient (Wildman–Crippen LogP) is 2.69. The van der Waals surface area contributed by atoms with Crippen LogP contribution in [0.2, 0.25) is 0 Å². The Morgan fingerprint density at radius 3 is 2.65 bits per heavy atom. The Labute approximate surface area is 128 Å². The monoisotopic (exact) mass is 340 g/mol. The third-order valence-electron chi connectivity index (χ3n) is 4.03. The van der Waals surface area contributed by atoms with Crippen molar-refractivity contribution in [1.82, 2.24) is 0 Å². The Hall–Kier alpha value is -1.07. The molecule has 4 nitrogen and oxygen atoms in total. The fourth-order valence-electron chi connectivity index (χ4n) is 2.83. The molecule has 0 spiro atoms. The van der Waals surface area contributed by atoms with Gasteiger partial charge in [-0.25, -0.2) is 0 Å². The van der Waals surface area contributed by atoms with Gasteiger partial charge in [-0.05, 0) is 49.4 Å². The minimum absolute atomic E-state index is 0.416. The number of benzene rings is 1. The molecule has 2 rings (SSSR count). The summed E-state index contributed by atoms with van der Waals surface area (Å²) in [5.41, 5.74) is 11.6. The highest BCUT2D eigenvalue weighted by atomic mass is 79.9. The molecule has 2 unspecified atom stereocenters. The molecule has 1 aromatic carbocycles. The smallest absolute Gasteiger partial charge is 0.252 e. The van der Waals surface area contributed by atoms with Gasteiger partial charge in [0.15, 0.2) is 0 Å². The van der Waals surface area contributed by atoms with E-state index in [9.17, 15) is 4.79 Å². The molecule has 0 saturated heterocycles. The van der Waals surface area contributed by atoms with Crippen molar-refractivity contribution in [2.45, 2.75) is 25.7 Å². The Morgan fingerprint density at radius 1 is 1.30 bits per heavy atom. The first kappa shape index (κ1) is 15.3. The average Bonchev–Trinajstić information content (AvgIpc) is 2.46. The highest BCUT2D eigenvalue weighted by Crippen LogP contribution is 2.31. The van der Waals surface area contributed by atoms with Crippen molar-refractivity contribution in [2.75, 3.05) is 13.2 Å². The van der Waals surface area contributed by atoms with E-state index in [0.29, 0.717) is 36.3 Å². The van der Waals surface area contributed by atoms with E-state index >= 15 is 0 Å². The van der Waals surface area contributed by atoms with Crippen molar-refractivity contribution in [1.29, 1.82) is 0 Å². The SMILES string of the molecule is NCC1CCCCC1COc1ccc(Br)cc1C(N)=O. The number of hydrogen-bond donors (Lipinski definition) is 2. The molecule has 1 aliphatic carbocycles. The molecule has 0 heterocycles. The van der Waals surface area contributed by atoms with Crippen LogP contribution in [0.15, 0.2) is 22.7 Å². The van der Waals surface area contributed by atoms with Gasteiger partial charge in [0.05, 0.1) is 12.2 Å². The van der Waals surface area contributed by atoms with Crippen molar-refractivity contribution in [3.05, 3.63) is 28.2 Å². The molecule has 20 heavy (non-hydrogen) atoms. The van der Waals surface area contributed by atoms with E-state index in [0.717, 1.165) is 10.9 Å². The topological polar surface area (TPSA) is 78.3 Å². The van der Waals surface area contributed by atoms with Gasteiger partial charge in [0, 0.05) is 4.47 Å². The summed E-state index contributed by atoms with van der Waals surface area (Å²) in [4.78, 5) is 11.4. The summed E-state index contributed by atoms with van der Waals surface area (Å²) in [6, 6.07) is 5.33. The number of amides is 1. The van der Waals surface area contributed by atoms with Crippen molar-refractivity contribution in [3.63, 3.8) is 0 Å². The van der Waals surface area contributed by atoms with E-state index < -0.39 is 5.91 Å². The third-order valence-corrected chi connectivity index (χ3v) is 4.52. The normalized spacial score (nSPS) is 22.5. The summed E-state index contributed by atoms with van der Waals surface area (Å²) in [6.07, 6.45) is 4.80. The summed E-state index contributed by atoms with van der Waals surface area (Å²) < 4.78 is 6.66. The zero-order chi connectivity index (χ0) is 14.5. The lowest BCUT2D eigenvalue weighted by Gasteiger charge is -2.30. The van der Waals surface area contributed by atoms with Gasteiger partial charge in [-0.15, -0.1) is 0 Å². The number of hydrogen-bond acceptors (Lipinski definition) is 3. The fraction of sp³-hybridized carbons (Fsp3) is 0.533. The van der Waals surface area contributed by atoms with Crippen LogP contribution in [-0.4, -0.2) is 19.1 Å². The molecule has 0 aliphatic heterocycles. The number of primary amides is 1. The number of carbonyl (C=O) groups is 1. The van der Waals surface area contributed by atoms with E-state index in [1.165, 1.54) is 19.3 Å². The van der Waals surface area contributed by atoms with Crippen LogP contribution in [-0.2, 0) is 0 Å². The number of carbonyl (C=O) groups excluding carboxylic acids is 1. The van der Waals surface area contributed by atoms with Crippen LogP contribution < -0.4 is 16.2 Å². The summed E-state index contributed by atoms with van der Waals surface area (Å²) >= 11 is 3.33. The van der Waals surface area contributed by atoms with Crippen molar-refractivity contribution in [3.8, 4) is 5.75 Å². The third kappa shape index (κ3) is 3.73. The van der Waals surface area contributed by atoms with E-state index in [2.05, 4.69) is 15.9 Å². The Bertz CT molecular complexity index is 479. The highest BCUT2D eigenvalue weighted by Gasteiger charge is 2.25. The average molecular weight is 341 g/mol. The Kier molecular flexibility index (Phi) is 5.43. The quantitative estimate of drug-likeness (QED) is 0.864. The first-order valence-electron chi connectivity index (χ1n) is 7.04. The van der Waals surface area contributed by atoms with Gasteiger partial charge in [-0.1, -0.05) is 28.8 Å². The molecule has 0 radical (unpaired) electrons. The van der Waals surface area contributed by atoms with Crippen molar-refractivity contribution in [2.24, 2.45) is 23.3 Å². The maximum absolute atomic E-state index is 11.4. The fourth-order valence-corrected chi connectivity index (χ4v) is 3.19. The van der Waals surface area contributed by atoms with Gasteiger partial charge in [-0.3, -0.25) is 4.79 Å². The molecule has 0 bridgehead atoms. The van der Waals surface area contributed by atoms with E-state index in [1.54, 1.807) is 12.1 Å². The van der Waals surface area contributed by atoms with E-state index in [1.807, 2.05) is 6.07 Å². The molecule has 1 amide bonds. The summed E-state index contributed by atoms with van der Waals surface area (Å²) in [5.74, 6) is 1.08. The molecule has 0 aromatic heterocycles. The summed E-state index contributed by atoms with van der Waals surface area (Å²) in [5, 5.41) is 0. The first-order chi connectivity index (χ1) is 9.61. The second-order valence-corrected chi connectivity index (χ2v) is 6.27. The maximum Gasteiger partial charge on any atom is 0.252 e. The van der Waals surface area contributed by atoms with E-state index in [-0.39, 0.29) is 0 Å². The molecule has 5 heteroatoms. The Balaban J connectivity index is 2.04.